The average Bonchev–Trinajstić information content (AvgIpc) is 2.80. The summed E-state index contributed by atoms with van der Waals surface area (Å²) >= 11 is 6.28. The number of nitrogens with one attached hydrogen (secondary N) is 1. The molecule has 3 N–H and O–H groups in total. The quantitative estimate of drug-likeness (QED) is 0.575. The second kappa shape index (κ2) is 5.25. The SMILES string of the molecule is Cn1nc(C(NN)c2ccccc2Cl)c2ccccc21. The van der Waals surface area contributed by atoms with E-state index in [0.29, 0.717) is 5.02 Å². The molecule has 1 heterocycles. The summed E-state index contributed by atoms with van der Waals surface area (Å²) in [7, 11) is 1.92. The highest BCUT2D eigenvalue weighted by atomic mass is 35.5. The zero-order valence-corrected chi connectivity index (χ0v) is 11.8. The molecule has 102 valence electrons. The van der Waals surface area contributed by atoms with Crippen molar-refractivity contribution in [3.05, 3.63) is 64.8 Å². The first-order chi connectivity index (χ1) is 9.72. The maximum absolute atomic E-state index is 6.28. The van der Waals surface area contributed by atoms with Crippen LogP contribution in [0.2, 0.25) is 5.02 Å². The fraction of sp³-hybridized carbons (Fsp3) is 0.133. The summed E-state index contributed by atoms with van der Waals surface area (Å²) in [6.45, 7) is 0. The van der Waals surface area contributed by atoms with Gasteiger partial charge in [0, 0.05) is 17.5 Å². The first-order valence-electron chi connectivity index (χ1n) is 6.34. The molecule has 3 rings (SSSR count). The summed E-state index contributed by atoms with van der Waals surface area (Å²) in [6.07, 6.45) is 0. The van der Waals surface area contributed by atoms with Crippen LogP contribution >= 0.6 is 11.6 Å². The van der Waals surface area contributed by atoms with Crippen molar-refractivity contribution in [1.29, 1.82) is 0 Å². The van der Waals surface area contributed by atoms with Crippen LogP contribution in [0, 0.1) is 0 Å². The number of nitrogens with zero attached hydrogens (tertiary/aromatic N) is 2. The van der Waals surface area contributed by atoms with E-state index in [2.05, 4.69) is 10.5 Å². The van der Waals surface area contributed by atoms with Gasteiger partial charge in [-0.1, -0.05) is 48.0 Å². The standard InChI is InChI=1S/C15H15ClN4/c1-20-13-9-5-3-7-11(13)15(19-20)14(18-17)10-6-2-4-8-12(10)16/h2-9,14,18H,17H2,1H3. The molecule has 1 unspecified atom stereocenters. The fourth-order valence-corrected chi connectivity index (χ4v) is 2.73. The molecule has 4 nitrogen and oxygen atoms in total. The van der Waals surface area contributed by atoms with Gasteiger partial charge >= 0.3 is 0 Å². The van der Waals surface area contributed by atoms with Crippen molar-refractivity contribution < 1.29 is 0 Å². The summed E-state index contributed by atoms with van der Waals surface area (Å²) in [5.41, 5.74) is 5.68. The van der Waals surface area contributed by atoms with Crippen LogP contribution in [0.5, 0.6) is 0 Å². The molecule has 0 spiro atoms. The van der Waals surface area contributed by atoms with E-state index in [4.69, 9.17) is 17.4 Å². The number of hydrazine groups is 1. The van der Waals surface area contributed by atoms with Crippen LogP contribution in [0.15, 0.2) is 48.5 Å². The van der Waals surface area contributed by atoms with Gasteiger partial charge in [0.1, 0.15) is 0 Å². The van der Waals surface area contributed by atoms with Crippen LogP contribution in [0.4, 0.5) is 0 Å². The van der Waals surface area contributed by atoms with Crippen LogP contribution in [0.25, 0.3) is 10.9 Å². The third-order valence-electron chi connectivity index (χ3n) is 3.44. The molecule has 0 aliphatic rings. The average molecular weight is 287 g/mol. The molecule has 1 aromatic heterocycles. The van der Waals surface area contributed by atoms with Gasteiger partial charge in [-0.3, -0.25) is 10.5 Å². The maximum atomic E-state index is 6.28. The maximum Gasteiger partial charge on any atom is 0.0931 e. The molecule has 1 atom stereocenters. The molecule has 0 saturated heterocycles. The normalized spacial score (nSPS) is 12.8. The summed E-state index contributed by atoms with van der Waals surface area (Å²) in [4.78, 5) is 0. The smallest absolute Gasteiger partial charge is 0.0931 e. The van der Waals surface area contributed by atoms with E-state index >= 15 is 0 Å². The van der Waals surface area contributed by atoms with Crippen LogP contribution in [-0.4, -0.2) is 9.78 Å². The summed E-state index contributed by atoms with van der Waals surface area (Å²) < 4.78 is 1.85. The highest BCUT2D eigenvalue weighted by Crippen LogP contribution is 2.31. The number of halogens is 1. The molecule has 20 heavy (non-hydrogen) atoms. The number of para-hydroxylation sites is 1. The summed E-state index contributed by atoms with van der Waals surface area (Å²) in [5.74, 6) is 5.75. The zero-order chi connectivity index (χ0) is 14.1. The molecule has 3 aromatic rings. The van der Waals surface area contributed by atoms with Gasteiger partial charge in [0.2, 0.25) is 0 Å². The van der Waals surface area contributed by atoms with Gasteiger partial charge in [-0.25, -0.2) is 5.43 Å². The minimum atomic E-state index is -0.241. The monoisotopic (exact) mass is 286 g/mol. The third-order valence-corrected chi connectivity index (χ3v) is 3.79. The highest BCUT2D eigenvalue weighted by molar-refractivity contribution is 6.31. The molecule has 5 heteroatoms. The molecule has 0 bridgehead atoms. The van der Waals surface area contributed by atoms with Crippen molar-refractivity contribution in [2.75, 3.05) is 0 Å². The lowest BCUT2D eigenvalue weighted by atomic mass is 10.0. The van der Waals surface area contributed by atoms with Gasteiger partial charge < -0.3 is 0 Å². The number of rotatable bonds is 3. The predicted molar refractivity (Wildman–Crippen MR) is 81.3 cm³/mol. The molecule has 0 aliphatic carbocycles. The van der Waals surface area contributed by atoms with E-state index in [0.717, 1.165) is 22.2 Å². The molecule has 0 aliphatic heterocycles. The number of nitrogens with two attached hydrogens (primary N) is 1. The summed E-state index contributed by atoms with van der Waals surface area (Å²) in [5, 5.41) is 6.33. The number of aryl methyl sites for hydroxylation is 1. The Hall–Kier alpha value is -1.88. The molecule has 0 radical (unpaired) electrons. The lowest BCUT2D eigenvalue weighted by molar-refractivity contribution is 0.608. The van der Waals surface area contributed by atoms with Crippen molar-refractivity contribution in [1.82, 2.24) is 15.2 Å². The number of benzene rings is 2. The second-order valence-electron chi connectivity index (χ2n) is 4.65. The van der Waals surface area contributed by atoms with E-state index in [1.165, 1.54) is 0 Å². The Morgan fingerprint density at radius 2 is 1.85 bits per heavy atom. The highest BCUT2D eigenvalue weighted by Gasteiger charge is 2.21. The Balaban J connectivity index is 2.20. The zero-order valence-electron chi connectivity index (χ0n) is 11.0. The first-order valence-corrected chi connectivity index (χ1v) is 6.72. The van der Waals surface area contributed by atoms with E-state index in [1.54, 1.807) is 0 Å². The van der Waals surface area contributed by atoms with Crippen molar-refractivity contribution in [3.8, 4) is 0 Å². The van der Waals surface area contributed by atoms with E-state index in [1.807, 2.05) is 60.3 Å². The Bertz CT molecular complexity index is 750. The molecule has 2 aromatic carbocycles. The van der Waals surface area contributed by atoms with Crippen molar-refractivity contribution in [3.63, 3.8) is 0 Å². The molecule has 0 fully saturated rings. The van der Waals surface area contributed by atoms with Crippen LogP contribution in [0.1, 0.15) is 17.3 Å². The van der Waals surface area contributed by atoms with Gasteiger partial charge in [0.15, 0.2) is 0 Å². The Labute approximate surface area is 122 Å². The van der Waals surface area contributed by atoms with E-state index in [-0.39, 0.29) is 6.04 Å². The number of fused-ring (bicyclic) bond motifs is 1. The van der Waals surface area contributed by atoms with E-state index < -0.39 is 0 Å². The molecular formula is C15H15ClN4. The van der Waals surface area contributed by atoms with Crippen LogP contribution in [0.3, 0.4) is 0 Å². The van der Waals surface area contributed by atoms with Gasteiger partial charge in [-0.2, -0.15) is 5.10 Å². The minimum Gasteiger partial charge on any atom is -0.271 e. The predicted octanol–water partition coefficient (Wildman–Crippen LogP) is 2.78. The number of aromatic nitrogens is 2. The minimum absolute atomic E-state index is 0.241. The van der Waals surface area contributed by atoms with Gasteiger partial charge in [0.05, 0.1) is 17.3 Å². The van der Waals surface area contributed by atoms with Crippen molar-refractivity contribution >= 4 is 22.5 Å². The topological polar surface area (TPSA) is 55.9 Å². The Morgan fingerprint density at radius 1 is 1.15 bits per heavy atom. The Morgan fingerprint density at radius 3 is 2.60 bits per heavy atom. The molecule has 0 amide bonds. The fourth-order valence-electron chi connectivity index (χ4n) is 2.48. The van der Waals surface area contributed by atoms with Gasteiger partial charge in [0.25, 0.3) is 0 Å². The number of hydrogen-bond acceptors (Lipinski definition) is 3. The lowest BCUT2D eigenvalue weighted by Crippen LogP contribution is -2.29. The lowest BCUT2D eigenvalue weighted by Gasteiger charge is -2.16. The Kier molecular flexibility index (Phi) is 3.44. The third kappa shape index (κ3) is 2.08. The molecular weight excluding hydrogens is 272 g/mol. The largest absolute Gasteiger partial charge is 0.271 e. The number of hydrogen-bond donors (Lipinski definition) is 2. The van der Waals surface area contributed by atoms with Gasteiger partial charge in [-0.05, 0) is 17.7 Å². The van der Waals surface area contributed by atoms with Crippen molar-refractivity contribution in [2.45, 2.75) is 6.04 Å². The van der Waals surface area contributed by atoms with Crippen molar-refractivity contribution in [2.24, 2.45) is 12.9 Å². The second-order valence-corrected chi connectivity index (χ2v) is 5.05. The van der Waals surface area contributed by atoms with Crippen LogP contribution < -0.4 is 11.3 Å². The summed E-state index contributed by atoms with van der Waals surface area (Å²) in [6, 6.07) is 15.5. The first kappa shape index (κ1) is 13.1. The molecule has 0 saturated carbocycles. The van der Waals surface area contributed by atoms with Gasteiger partial charge in [-0.15, -0.1) is 0 Å². The van der Waals surface area contributed by atoms with E-state index in [9.17, 15) is 0 Å². The van der Waals surface area contributed by atoms with Crippen LogP contribution in [-0.2, 0) is 7.05 Å².